The molecular formula is C18H14FN5O. The average Bonchev–Trinajstić information content (AvgIpc) is 3.01. The molecule has 1 amide bonds. The van der Waals surface area contributed by atoms with E-state index in [0.717, 1.165) is 5.56 Å². The van der Waals surface area contributed by atoms with Gasteiger partial charge in [-0.25, -0.2) is 9.07 Å². The molecule has 0 saturated heterocycles. The summed E-state index contributed by atoms with van der Waals surface area (Å²) in [5.74, 6) is -0.318. The molecule has 6 nitrogen and oxygen atoms in total. The molecule has 0 unspecified atom stereocenters. The van der Waals surface area contributed by atoms with E-state index in [0.29, 0.717) is 23.4 Å². The van der Waals surface area contributed by atoms with Gasteiger partial charge in [0.05, 0.1) is 11.9 Å². The van der Waals surface area contributed by atoms with Crippen LogP contribution in [0.25, 0.3) is 5.69 Å². The van der Waals surface area contributed by atoms with Gasteiger partial charge in [0.15, 0.2) is 0 Å². The molecule has 124 valence electrons. The van der Waals surface area contributed by atoms with Gasteiger partial charge in [-0.3, -0.25) is 4.79 Å². The summed E-state index contributed by atoms with van der Waals surface area (Å²) in [6.07, 6.45) is 1.39. The van der Waals surface area contributed by atoms with Crippen molar-refractivity contribution in [2.24, 2.45) is 0 Å². The van der Waals surface area contributed by atoms with Crippen molar-refractivity contribution in [1.29, 1.82) is 5.26 Å². The van der Waals surface area contributed by atoms with Gasteiger partial charge in [0.2, 0.25) is 0 Å². The van der Waals surface area contributed by atoms with Crippen molar-refractivity contribution in [3.63, 3.8) is 0 Å². The quantitative estimate of drug-likeness (QED) is 0.765. The second-order valence-electron chi connectivity index (χ2n) is 5.32. The zero-order valence-corrected chi connectivity index (χ0v) is 13.1. The Morgan fingerprint density at radius 2 is 1.88 bits per heavy atom. The lowest BCUT2D eigenvalue weighted by Crippen LogP contribution is -2.22. The standard InChI is InChI=1S/C18H14FN5O/c19-15-5-1-12(2-6-15)10-22-18(25)13-3-7-16(8-4-13)24-17(21)14(9-20)11-23-24/h1-8,11H,10,21H2,(H,22,25). The number of nitrogens with one attached hydrogen (secondary N) is 1. The maximum absolute atomic E-state index is 12.9. The third-order valence-corrected chi connectivity index (χ3v) is 3.67. The van der Waals surface area contributed by atoms with E-state index in [9.17, 15) is 9.18 Å². The molecule has 3 rings (SSSR count). The van der Waals surface area contributed by atoms with Crippen molar-refractivity contribution in [2.45, 2.75) is 6.54 Å². The second kappa shape index (κ2) is 6.84. The Hall–Kier alpha value is -3.66. The van der Waals surface area contributed by atoms with Crippen LogP contribution in [0.5, 0.6) is 0 Å². The predicted molar refractivity (Wildman–Crippen MR) is 90.3 cm³/mol. The van der Waals surface area contributed by atoms with E-state index in [1.54, 1.807) is 36.4 Å². The summed E-state index contributed by atoms with van der Waals surface area (Å²) in [5, 5.41) is 15.7. The number of hydrogen-bond acceptors (Lipinski definition) is 4. The number of aromatic nitrogens is 2. The highest BCUT2D eigenvalue weighted by atomic mass is 19.1. The van der Waals surface area contributed by atoms with Crippen LogP contribution >= 0.6 is 0 Å². The van der Waals surface area contributed by atoms with Gasteiger partial charge in [0.1, 0.15) is 23.3 Å². The Balaban J connectivity index is 1.69. The smallest absolute Gasteiger partial charge is 0.251 e. The first-order valence-corrected chi connectivity index (χ1v) is 7.45. The molecule has 0 bridgehead atoms. The van der Waals surface area contributed by atoms with Crippen molar-refractivity contribution in [1.82, 2.24) is 15.1 Å². The Morgan fingerprint density at radius 1 is 1.20 bits per heavy atom. The summed E-state index contributed by atoms with van der Waals surface area (Å²) >= 11 is 0. The van der Waals surface area contributed by atoms with Gasteiger partial charge >= 0.3 is 0 Å². The van der Waals surface area contributed by atoms with Gasteiger partial charge in [0.25, 0.3) is 5.91 Å². The summed E-state index contributed by atoms with van der Waals surface area (Å²) in [5.41, 5.74) is 8.05. The van der Waals surface area contributed by atoms with Gasteiger partial charge in [-0.15, -0.1) is 0 Å². The highest BCUT2D eigenvalue weighted by Crippen LogP contribution is 2.17. The number of halogens is 1. The molecule has 0 aliphatic rings. The topological polar surface area (TPSA) is 96.7 Å². The molecule has 1 heterocycles. The van der Waals surface area contributed by atoms with Gasteiger partial charge in [-0.2, -0.15) is 10.4 Å². The number of amides is 1. The van der Waals surface area contributed by atoms with E-state index in [1.165, 1.54) is 23.0 Å². The molecule has 1 aromatic heterocycles. The number of carbonyl (C=O) groups is 1. The van der Waals surface area contributed by atoms with Crippen LogP contribution in [0.2, 0.25) is 0 Å². The third-order valence-electron chi connectivity index (χ3n) is 3.67. The minimum Gasteiger partial charge on any atom is -0.382 e. The molecule has 2 aromatic carbocycles. The molecule has 0 radical (unpaired) electrons. The molecule has 3 N–H and O–H groups in total. The first kappa shape index (κ1) is 16.2. The fourth-order valence-corrected chi connectivity index (χ4v) is 2.29. The fraction of sp³-hybridized carbons (Fsp3) is 0.0556. The van der Waals surface area contributed by atoms with Gasteiger partial charge in [0, 0.05) is 12.1 Å². The van der Waals surface area contributed by atoms with E-state index in [2.05, 4.69) is 10.4 Å². The van der Waals surface area contributed by atoms with E-state index in [4.69, 9.17) is 11.0 Å². The maximum atomic E-state index is 12.9. The number of nitrogens with zero attached hydrogens (tertiary/aromatic N) is 3. The number of hydrogen-bond donors (Lipinski definition) is 2. The summed E-state index contributed by atoms with van der Waals surface area (Å²) in [4.78, 5) is 12.2. The zero-order chi connectivity index (χ0) is 17.8. The lowest BCUT2D eigenvalue weighted by atomic mass is 10.1. The minimum absolute atomic E-state index is 0.246. The van der Waals surface area contributed by atoms with Crippen LogP contribution in [0.4, 0.5) is 10.2 Å². The van der Waals surface area contributed by atoms with Crippen molar-refractivity contribution in [2.75, 3.05) is 5.73 Å². The highest BCUT2D eigenvalue weighted by molar-refractivity contribution is 5.94. The molecular weight excluding hydrogens is 321 g/mol. The molecule has 3 aromatic rings. The third kappa shape index (κ3) is 3.48. The number of benzene rings is 2. The molecule has 0 aliphatic carbocycles. The molecule has 0 atom stereocenters. The SMILES string of the molecule is N#Cc1cnn(-c2ccc(C(=O)NCc3ccc(F)cc3)cc2)c1N. The largest absolute Gasteiger partial charge is 0.382 e. The first-order valence-electron chi connectivity index (χ1n) is 7.45. The van der Waals surface area contributed by atoms with Crippen LogP contribution in [0.1, 0.15) is 21.5 Å². The van der Waals surface area contributed by atoms with Crippen LogP contribution in [0.15, 0.2) is 54.7 Å². The van der Waals surface area contributed by atoms with Gasteiger partial charge in [-0.05, 0) is 42.0 Å². The summed E-state index contributed by atoms with van der Waals surface area (Å²) in [6, 6.07) is 14.6. The van der Waals surface area contributed by atoms with E-state index in [1.807, 2.05) is 6.07 Å². The van der Waals surface area contributed by atoms with Crippen molar-refractivity contribution in [3.05, 3.63) is 77.2 Å². The average molecular weight is 335 g/mol. The second-order valence-corrected chi connectivity index (χ2v) is 5.32. The van der Waals surface area contributed by atoms with Crippen molar-refractivity contribution in [3.8, 4) is 11.8 Å². The number of rotatable bonds is 4. The Labute approximate surface area is 143 Å². The van der Waals surface area contributed by atoms with Crippen LogP contribution in [-0.4, -0.2) is 15.7 Å². The Morgan fingerprint density at radius 3 is 2.48 bits per heavy atom. The van der Waals surface area contributed by atoms with E-state index < -0.39 is 0 Å². The zero-order valence-electron chi connectivity index (χ0n) is 13.1. The van der Waals surface area contributed by atoms with E-state index >= 15 is 0 Å². The molecule has 0 aliphatic heterocycles. The minimum atomic E-state index is -0.317. The van der Waals surface area contributed by atoms with Gasteiger partial charge < -0.3 is 11.1 Å². The molecule has 25 heavy (non-hydrogen) atoms. The van der Waals surface area contributed by atoms with Crippen LogP contribution in [0.3, 0.4) is 0 Å². The number of anilines is 1. The fourth-order valence-electron chi connectivity index (χ4n) is 2.29. The number of nitrogens with two attached hydrogens (primary N) is 1. The molecule has 0 spiro atoms. The molecule has 0 saturated carbocycles. The van der Waals surface area contributed by atoms with Crippen LogP contribution in [-0.2, 0) is 6.54 Å². The first-order chi connectivity index (χ1) is 12.1. The molecule has 0 fully saturated rings. The van der Waals surface area contributed by atoms with Crippen LogP contribution in [0, 0.1) is 17.1 Å². The number of nitrogen functional groups attached to an aromatic ring is 1. The van der Waals surface area contributed by atoms with E-state index in [-0.39, 0.29) is 17.5 Å². The predicted octanol–water partition coefficient (Wildman–Crippen LogP) is 2.40. The summed E-state index contributed by atoms with van der Waals surface area (Å²) in [7, 11) is 0. The molecule has 7 heteroatoms. The number of nitriles is 1. The van der Waals surface area contributed by atoms with Crippen molar-refractivity contribution >= 4 is 11.7 Å². The lowest BCUT2D eigenvalue weighted by molar-refractivity contribution is 0.0951. The highest BCUT2D eigenvalue weighted by Gasteiger charge is 2.10. The lowest BCUT2D eigenvalue weighted by Gasteiger charge is -2.07. The normalized spacial score (nSPS) is 10.2. The van der Waals surface area contributed by atoms with Crippen molar-refractivity contribution < 1.29 is 9.18 Å². The Bertz CT molecular complexity index is 939. The monoisotopic (exact) mass is 335 g/mol. The van der Waals surface area contributed by atoms with Crippen LogP contribution < -0.4 is 11.1 Å². The summed E-state index contributed by atoms with van der Waals surface area (Å²) < 4.78 is 14.3. The maximum Gasteiger partial charge on any atom is 0.251 e. The number of carbonyl (C=O) groups excluding carboxylic acids is 1. The summed E-state index contributed by atoms with van der Waals surface area (Å²) in [6.45, 7) is 0.304. The van der Waals surface area contributed by atoms with Gasteiger partial charge in [-0.1, -0.05) is 12.1 Å². The Kier molecular flexibility index (Phi) is 4.44.